The van der Waals surface area contributed by atoms with E-state index in [9.17, 15) is 4.79 Å². The van der Waals surface area contributed by atoms with E-state index in [0.29, 0.717) is 23.6 Å². The second-order valence-electron chi connectivity index (χ2n) is 4.41. The summed E-state index contributed by atoms with van der Waals surface area (Å²) < 4.78 is 1.69. The fourth-order valence-electron chi connectivity index (χ4n) is 1.66. The van der Waals surface area contributed by atoms with Gasteiger partial charge in [-0.05, 0) is 13.8 Å². The van der Waals surface area contributed by atoms with Gasteiger partial charge in [-0.25, -0.2) is 0 Å². The van der Waals surface area contributed by atoms with Gasteiger partial charge in [0.15, 0.2) is 0 Å². The second kappa shape index (κ2) is 5.95. The number of amides is 1. The van der Waals surface area contributed by atoms with Crippen LogP contribution in [0, 0.1) is 12.8 Å². The van der Waals surface area contributed by atoms with Crippen molar-refractivity contribution in [3.05, 3.63) is 17.5 Å². The molecular formula is C12H20N4OS. The van der Waals surface area contributed by atoms with Gasteiger partial charge in [-0.3, -0.25) is 9.48 Å². The molecule has 1 aromatic rings. The molecule has 1 rings (SSSR count). The molecule has 1 unspecified atom stereocenters. The van der Waals surface area contributed by atoms with Gasteiger partial charge in [0.2, 0.25) is 0 Å². The topological polar surface area (TPSA) is 64.2 Å². The molecule has 6 heteroatoms. The number of aromatic nitrogens is 2. The smallest absolute Gasteiger partial charge is 0.257 e. The van der Waals surface area contributed by atoms with Crippen LogP contribution in [0.2, 0.25) is 0 Å². The maximum Gasteiger partial charge on any atom is 0.257 e. The Bertz CT molecular complexity index is 455. The van der Waals surface area contributed by atoms with Crippen molar-refractivity contribution < 1.29 is 4.79 Å². The molecule has 1 heterocycles. The van der Waals surface area contributed by atoms with Crippen LogP contribution in [0.3, 0.4) is 0 Å². The van der Waals surface area contributed by atoms with Gasteiger partial charge < -0.3 is 10.6 Å². The fourth-order valence-corrected chi connectivity index (χ4v) is 1.73. The van der Waals surface area contributed by atoms with Crippen molar-refractivity contribution in [3.63, 3.8) is 0 Å². The number of thiocarbonyl (C=S) groups is 1. The summed E-state index contributed by atoms with van der Waals surface area (Å²) in [4.78, 5) is 14.5. The highest BCUT2D eigenvalue weighted by molar-refractivity contribution is 7.80. The number of rotatable bonds is 5. The first-order valence-corrected chi connectivity index (χ1v) is 6.36. The highest BCUT2D eigenvalue weighted by Gasteiger charge is 2.21. The molecule has 0 fully saturated rings. The van der Waals surface area contributed by atoms with E-state index in [1.54, 1.807) is 15.8 Å². The zero-order valence-electron chi connectivity index (χ0n) is 11.3. The number of carbonyl (C=O) groups excluding carboxylic acids is 1. The first kappa shape index (κ1) is 14.6. The summed E-state index contributed by atoms with van der Waals surface area (Å²) >= 11 is 4.94. The van der Waals surface area contributed by atoms with Gasteiger partial charge in [-0.1, -0.05) is 19.1 Å². The highest BCUT2D eigenvalue weighted by Crippen LogP contribution is 2.11. The molecule has 0 aliphatic heterocycles. The number of nitrogens with zero attached hydrogens (tertiary/aromatic N) is 3. The molecular weight excluding hydrogens is 248 g/mol. The monoisotopic (exact) mass is 268 g/mol. The molecule has 1 atom stereocenters. The first-order valence-electron chi connectivity index (χ1n) is 5.95. The van der Waals surface area contributed by atoms with Crippen molar-refractivity contribution in [1.82, 2.24) is 14.7 Å². The predicted molar refractivity (Wildman–Crippen MR) is 75.5 cm³/mol. The minimum atomic E-state index is -0.0220. The predicted octanol–water partition coefficient (Wildman–Crippen LogP) is 1.11. The Morgan fingerprint density at radius 3 is 2.67 bits per heavy atom. The summed E-state index contributed by atoms with van der Waals surface area (Å²) in [5.74, 6) is -0.00734. The summed E-state index contributed by atoms with van der Waals surface area (Å²) in [7, 11) is 1.82. The molecule has 0 bridgehead atoms. The third-order valence-corrected chi connectivity index (χ3v) is 3.52. The summed E-state index contributed by atoms with van der Waals surface area (Å²) in [5.41, 5.74) is 7.09. The lowest BCUT2D eigenvalue weighted by molar-refractivity contribution is 0.0754. The molecule has 1 aromatic heterocycles. The average Bonchev–Trinajstić information content (AvgIpc) is 2.65. The minimum Gasteiger partial charge on any atom is -0.393 e. The molecule has 0 aliphatic rings. The van der Waals surface area contributed by atoms with Crippen molar-refractivity contribution in [2.45, 2.75) is 20.8 Å². The summed E-state index contributed by atoms with van der Waals surface area (Å²) in [6.45, 7) is 6.91. The zero-order chi connectivity index (χ0) is 13.9. The Morgan fingerprint density at radius 1 is 1.67 bits per heavy atom. The average molecular weight is 268 g/mol. The lowest BCUT2D eigenvalue weighted by atomic mass is 10.1. The van der Waals surface area contributed by atoms with Crippen LogP contribution in [-0.2, 0) is 7.05 Å². The number of carbonyl (C=O) groups is 1. The van der Waals surface area contributed by atoms with E-state index in [1.165, 1.54) is 0 Å². The molecule has 2 N–H and O–H groups in total. The Hall–Kier alpha value is -1.43. The number of hydrogen-bond donors (Lipinski definition) is 1. The molecule has 1 amide bonds. The number of hydrogen-bond acceptors (Lipinski definition) is 3. The van der Waals surface area contributed by atoms with E-state index < -0.39 is 0 Å². The van der Waals surface area contributed by atoms with Crippen LogP contribution < -0.4 is 5.73 Å². The third kappa shape index (κ3) is 3.07. The Kier molecular flexibility index (Phi) is 4.84. The maximum atomic E-state index is 12.4. The third-order valence-electron chi connectivity index (χ3n) is 3.11. The quantitative estimate of drug-likeness (QED) is 0.813. The van der Waals surface area contributed by atoms with Crippen molar-refractivity contribution in [1.29, 1.82) is 0 Å². The Morgan fingerprint density at radius 2 is 2.28 bits per heavy atom. The normalized spacial score (nSPS) is 12.2. The lowest BCUT2D eigenvalue weighted by Crippen LogP contribution is -2.38. The van der Waals surface area contributed by atoms with Crippen molar-refractivity contribution in [3.8, 4) is 0 Å². The van der Waals surface area contributed by atoms with Crippen LogP contribution >= 0.6 is 12.2 Å². The van der Waals surface area contributed by atoms with Gasteiger partial charge in [-0.15, -0.1) is 0 Å². The van der Waals surface area contributed by atoms with E-state index in [0.717, 1.165) is 5.69 Å². The lowest BCUT2D eigenvalue weighted by Gasteiger charge is -2.24. The van der Waals surface area contributed by atoms with Gasteiger partial charge in [0.25, 0.3) is 5.91 Å². The molecule has 100 valence electrons. The minimum absolute atomic E-state index is 0.0147. The van der Waals surface area contributed by atoms with Crippen LogP contribution in [-0.4, -0.2) is 38.7 Å². The molecule has 0 aromatic carbocycles. The van der Waals surface area contributed by atoms with Crippen molar-refractivity contribution >= 4 is 23.1 Å². The van der Waals surface area contributed by atoms with E-state index in [4.69, 9.17) is 18.0 Å². The fraction of sp³-hybridized carbons (Fsp3) is 0.583. The second-order valence-corrected chi connectivity index (χ2v) is 4.89. The van der Waals surface area contributed by atoms with E-state index in [1.807, 2.05) is 27.8 Å². The van der Waals surface area contributed by atoms with Gasteiger partial charge in [-0.2, -0.15) is 5.10 Å². The van der Waals surface area contributed by atoms with Gasteiger partial charge in [0.1, 0.15) is 0 Å². The highest BCUT2D eigenvalue weighted by atomic mass is 32.1. The van der Waals surface area contributed by atoms with Gasteiger partial charge >= 0.3 is 0 Å². The largest absolute Gasteiger partial charge is 0.393 e. The maximum absolute atomic E-state index is 12.4. The van der Waals surface area contributed by atoms with Crippen molar-refractivity contribution in [2.24, 2.45) is 18.7 Å². The summed E-state index contributed by atoms with van der Waals surface area (Å²) in [5, 5.41) is 4.09. The van der Waals surface area contributed by atoms with Crippen molar-refractivity contribution in [2.75, 3.05) is 13.1 Å². The SMILES string of the molecule is CCN(CC(C)C(N)=S)C(=O)c1cnn(C)c1C. The Balaban J connectivity index is 2.86. The molecule has 0 spiro atoms. The van der Waals surface area contributed by atoms with Crippen LogP contribution in [0.4, 0.5) is 0 Å². The molecule has 5 nitrogen and oxygen atoms in total. The summed E-state index contributed by atoms with van der Waals surface area (Å²) in [6.07, 6.45) is 1.60. The van der Waals surface area contributed by atoms with Crippen LogP contribution in [0.1, 0.15) is 29.9 Å². The molecule has 0 aliphatic carbocycles. The van der Waals surface area contributed by atoms with Gasteiger partial charge in [0.05, 0.1) is 16.7 Å². The number of nitrogens with two attached hydrogens (primary N) is 1. The first-order chi connectivity index (χ1) is 8.38. The molecule has 0 saturated carbocycles. The Labute approximate surface area is 113 Å². The van der Waals surface area contributed by atoms with Crippen LogP contribution in [0.5, 0.6) is 0 Å². The van der Waals surface area contributed by atoms with Gasteiger partial charge in [0, 0.05) is 31.7 Å². The molecule has 0 radical (unpaired) electrons. The summed E-state index contributed by atoms with van der Waals surface area (Å²) in [6, 6.07) is 0. The molecule has 0 saturated heterocycles. The van der Waals surface area contributed by atoms with Crippen LogP contribution in [0.15, 0.2) is 6.20 Å². The van der Waals surface area contributed by atoms with Crippen LogP contribution in [0.25, 0.3) is 0 Å². The standard InChI is InChI=1S/C12H20N4OS/c1-5-16(7-8(2)11(13)18)12(17)10-6-14-15(4)9(10)3/h6,8H,5,7H2,1-4H3,(H2,13,18). The zero-order valence-corrected chi connectivity index (χ0v) is 12.1. The van der Waals surface area contributed by atoms with E-state index >= 15 is 0 Å². The molecule has 18 heavy (non-hydrogen) atoms. The van der Waals surface area contributed by atoms with E-state index in [-0.39, 0.29) is 11.8 Å². The van der Waals surface area contributed by atoms with E-state index in [2.05, 4.69) is 5.10 Å². The number of aryl methyl sites for hydroxylation is 1.